The third-order valence-electron chi connectivity index (χ3n) is 3.20. The second-order valence-electron chi connectivity index (χ2n) is 5.05. The van der Waals surface area contributed by atoms with Gasteiger partial charge in [-0.15, -0.1) is 0 Å². The molecule has 2 aromatic heterocycles. The Balaban J connectivity index is 1.88. The monoisotopic (exact) mass is 279 g/mol. The molecule has 0 aromatic carbocycles. The molecule has 19 heavy (non-hydrogen) atoms. The number of aromatic nitrogens is 2. The van der Waals surface area contributed by atoms with E-state index < -0.39 is 6.10 Å². The lowest BCUT2D eigenvalue weighted by Gasteiger charge is -2.15. The minimum atomic E-state index is -0.450. The van der Waals surface area contributed by atoms with Crippen molar-refractivity contribution in [2.45, 2.75) is 39.0 Å². The van der Waals surface area contributed by atoms with Gasteiger partial charge < -0.3 is 10.4 Å². The molecule has 2 heterocycles. The largest absolute Gasteiger partial charge is 0.387 e. The third kappa shape index (κ3) is 3.65. The van der Waals surface area contributed by atoms with Gasteiger partial charge in [0.15, 0.2) is 0 Å². The normalized spacial score (nSPS) is 14.8. The van der Waals surface area contributed by atoms with E-state index in [1.807, 2.05) is 27.7 Å². The predicted molar refractivity (Wildman–Crippen MR) is 78.3 cm³/mol. The molecular formula is C14H21N3OS. The van der Waals surface area contributed by atoms with Crippen molar-refractivity contribution in [1.82, 2.24) is 15.1 Å². The van der Waals surface area contributed by atoms with E-state index in [9.17, 15) is 5.11 Å². The summed E-state index contributed by atoms with van der Waals surface area (Å²) >= 11 is 1.60. The van der Waals surface area contributed by atoms with E-state index >= 15 is 0 Å². The summed E-state index contributed by atoms with van der Waals surface area (Å²) in [5.41, 5.74) is 2.12. The van der Waals surface area contributed by atoms with Crippen LogP contribution < -0.4 is 5.32 Å². The second-order valence-corrected chi connectivity index (χ2v) is 5.83. The number of aliphatic hydroxyl groups excluding tert-OH is 1. The molecule has 0 aliphatic heterocycles. The van der Waals surface area contributed by atoms with Crippen molar-refractivity contribution in [3.05, 3.63) is 40.3 Å². The Labute approximate surface area is 118 Å². The van der Waals surface area contributed by atoms with E-state index in [1.54, 1.807) is 11.3 Å². The average molecular weight is 279 g/mol. The number of aliphatic hydroxyl groups is 1. The lowest BCUT2D eigenvalue weighted by Crippen LogP contribution is -2.24. The number of thiophene rings is 1. The Hall–Kier alpha value is -1.17. The number of nitrogens with zero attached hydrogens (tertiary/aromatic N) is 2. The van der Waals surface area contributed by atoms with Crippen LogP contribution in [0.1, 0.15) is 50.1 Å². The lowest BCUT2D eigenvalue weighted by molar-refractivity contribution is 0.171. The maximum absolute atomic E-state index is 10.0. The highest BCUT2D eigenvalue weighted by molar-refractivity contribution is 7.07. The van der Waals surface area contributed by atoms with Gasteiger partial charge in [0.1, 0.15) is 0 Å². The first kappa shape index (κ1) is 14.2. The van der Waals surface area contributed by atoms with Gasteiger partial charge in [-0.3, -0.25) is 4.68 Å². The second kappa shape index (κ2) is 6.32. The first-order valence-electron chi connectivity index (χ1n) is 6.55. The standard InChI is InChI=1S/C14H21N3OS/c1-10(2)17-8-13(6-16-17)11(3)15-7-14(18)12-4-5-19-9-12/h4-6,8-11,14-15,18H,7H2,1-3H3. The number of hydrogen-bond donors (Lipinski definition) is 2. The Morgan fingerprint density at radius 2 is 2.16 bits per heavy atom. The molecule has 0 amide bonds. The maximum Gasteiger partial charge on any atom is 0.0922 e. The van der Waals surface area contributed by atoms with Crippen LogP contribution in [0.5, 0.6) is 0 Å². The Bertz CT molecular complexity index is 493. The Morgan fingerprint density at radius 1 is 1.37 bits per heavy atom. The van der Waals surface area contributed by atoms with Crippen LogP contribution in [-0.2, 0) is 0 Å². The van der Waals surface area contributed by atoms with Gasteiger partial charge in [0, 0.05) is 30.4 Å². The first-order valence-corrected chi connectivity index (χ1v) is 7.49. The molecular weight excluding hydrogens is 258 g/mol. The Kier molecular flexibility index (Phi) is 4.74. The molecule has 0 aliphatic carbocycles. The summed E-state index contributed by atoms with van der Waals surface area (Å²) in [6, 6.07) is 2.51. The number of nitrogens with one attached hydrogen (secondary N) is 1. The summed E-state index contributed by atoms with van der Waals surface area (Å²) in [7, 11) is 0. The summed E-state index contributed by atoms with van der Waals surface area (Å²) < 4.78 is 1.95. The molecule has 0 saturated carbocycles. The summed E-state index contributed by atoms with van der Waals surface area (Å²) in [5.74, 6) is 0. The van der Waals surface area contributed by atoms with E-state index in [2.05, 4.69) is 37.4 Å². The van der Waals surface area contributed by atoms with Crippen molar-refractivity contribution in [1.29, 1.82) is 0 Å². The van der Waals surface area contributed by atoms with E-state index in [-0.39, 0.29) is 6.04 Å². The topological polar surface area (TPSA) is 50.1 Å². The molecule has 2 aromatic rings. The quantitative estimate of drug-likeness (QED) is 0.855. The highest BCUT2D eigenvalue weighted by Crippen LogP contribution is 2.18. The summed E-state index contributed by atoms with van der Waals surface area (Å²) in [6.07, 6.45) is 3.49. The van der Waals surface area contributed by atoms with Crippen LogP contribution >= 0.6 is 11.3 Å². The van der Waals surface area contributed by atoms with E-state index in [1.165, 1.54) is 0 Å². The smallest absolute Gasteiger partial charge is 0.0922 e. The van der Waals surface area contributed by atoms with Crippen LogP contribution in [0.2, 0.25) is 0 Å². The molecule has 0 fully saturated rings. The van der Waals surface area contributed by atoms with Gasteiger partial charge in [0.05, 0.1) is 12.3 Å². The van der Waals surface area contributed by atoms with Gasteiger partial charge >= 0.3 is 0 Å². The molecule has 2 unspecified atom stereocenters. The third-order valence-corrected chi connectivity index (χ3v) is 3.90. The van der Waals surface area contributed by atoms with Crippen molar-refractivity contribution < 1.29 is 5.11 Å². The van der Waals surface area contributed by atoms with Crippen molar-refractivity contribution in [3.8, 4) is 0 Å². The summed E-state index contributed by atoms with van der Waals surface area (Å²) in [6.45, 7) is 6.84. The fourth-order valence-electron chi connectivity index (χ4n) is 1.85. The molecule has 2 rings (SSSR count). The van der Waals surface area contributed by atoms with Gasteiger partial charge in [-0.2, -0.15) is 16.4 Å². The van der Waals surface area contributed by atoms with Crippen molar-refractivity contribution in [2.75, 3.05) is 6.54 Å². The van der Waals surface area contributed by atoms with E-state index in [0.717, 1.165) is 11.1 Å². The van der Waals surface area contributed by atoms with Crippen LogP contribution in [0.3, 0.4) is 0 Å². The van der Waals surface area contributed by atoms with Crippen LogP contribution in [0.15, 0.2) is 29.2 Å². The molecule has 2 atom stereocenters. The number of rotatable bonds is 6. The highest BCUT2D eigenvalue weighted by Gasteiger charge is 2.12. The molecule has 0 bridgehead atoms. The predicted octanol–water partition coefficient (Wildman–Crippen LogP) is 2.91. The van der Waals surface area contributed by atoms with Gasteiger partial charge in [-0.1, -0.05) is 0 Å². The van der Waals surface area contributed by atoms with Gasteiger partial charge in [-0.25, -0.2) is 0 Å². The Morgan fingerprint density at radius 3 is 2.74 bits per heavy atom. The molecule has 0 saturated heterocycles. The van der Waals surface area contributed by atoms with E-state index in [4.69, 9.17) is 0 Å². The lowest BCUT2D eigenvalue weighted by atomic mass is 10.1. The minimum absolute atomic E-state index is 0.181. The molecule has 0 radical (unpaired) electrons. The first-order chi connectivity index (χ1) is 9.08. The molecule has 4 nitrogen and oxygen atoms in total. The van der Waals surface area contributed by atoms with Crippen LogP contribution in [-0.4, -0.2) is 21.4 Å². The number of hydrogen-bond acceptors (Lipinski definition) is 4. The van der Waals surface area contributed by atoms with Crippen molar-refractivity contribution in [2.24, 2.45) is 0 Å². The average Bonchev–Trinajstić information content (AvgIpc) is 3.05. The van der Waals surface area contributed by atoms with Gasteiger partial charge in [-0.05, 0) is 43.2 Å². The minimum Gasteiger partial charge on any atom is -0.387 e. The highest BCUT2D eigenvalue weighted by atomic mass is 32.1. The molecule has 2 N–H and O–H groups in total. The summed E-state index contributed by atoms with van der Waals surface area (Å²) in [5, 5.41) is 21.7. The zero-order chi connectivity index (χ0) is 13.8. The molecule has 104 valence electrons. The zero-order valence-corrected chi connectivity index (χ0v) is 12.4. The molecule has 5 heteroatoms. The van der Waals surface area contributed by atoms with Crippen LogP contribution in [0.4, 0.5) is 0 Å². The van der Waals surface area contributed by atoms with E-state index in [0.29, 0.717) is 12.6 Å². The summed E-state index contributed by atoms with van der Waals surface area (Å²) in [4.78, 5) is 0. The van der Waals surface area contributed by atoms with Crippen LogP contribution in [0, 0.1) is 0 Å². The fraction of sp³-hybridized carbons (Fsp3) is 0.500. The van der Waals surface area contributed by atoms with Crippen molar-refractivity contribution >= 4 is 11.3 Å². The maximum atomic E-state index is 10.0. The van der Waals surface area contributed by atoms with Gasteiger partial charge in [0.25, 0.3) is 0 Å². The fourth-order valence-corrected chi connectivity index (χ4v) is 2.55. The molecule has 0 aliphatic rings. The zero-order valence-electron chi connectivity index (χ0n) is 11.6. The molecule has 0 spiro atoms. The van der Waals surface area contributed by atoms with Gasteiger partial charge in [0.2, 0.25) is 0 Å². The SMILES string of the molecule is CC(NCC(O)c1ccsc1)c1cnn(C(C)C)c1. The van der Waals surface area contributed by atoms with Crippen LogP contribution in [0.25, 0.3) is 0 Å². The van der Waals surface area contributed by atoms with Crippen molar-refractivity contribution in [3.63, 3.8) is 0 Å².